The van der Waals surface area contributed by atoms with Gasteiger partial charge in [0.25, 0.3) is 0 Å². The second-order valence-corrected chi connectivity index (χ2v) is 5.42. The maximum absolute atomic E-state index is 5.41. The molecule has 0 aliphatic rings. The molecule has 0 saturated carbocycles. The van der Waals surface area contributed by atoms with Gasteiger partial charge in [0.15, 0.2) is 0 Å². The summed E-state index contributed by atoms with van der Waals surface area (Å²) < 4.78 is 12.6. The molecule has 1 aromatic carbocycles. The van der Waals surface area contributed by atoms with Crippen LogP contribution in [0.25, 0.3) is 0 Å². The predicted octanol–water partition coefficient (Wildman–Crippen LogP) is 3.00. The van der Waals surface area contributed by atoms with Crippen molar-refractivity contribution in [3.63, 3.8) is 0 Å². The van der Waals surface area contributed by atoms with E-state index in [1.807, 2.05) is 7.05 Å². The molecular formula is C12H17Br2NO2. The third kappa shape index (κ3) is 4.25. The highest BCUT2D eigenvalue weighted by Crippen LogP contribution is 2.34. The minimum atomic E-state index is 0.173. The number of likely N-dealkylation sites (N-methyl/N-ethyl adjacent to an activating group) is 1. The molecule has 96 valence electrons. The molecule has 3 nitrogen and oxygen atoms in total. The Labute approximate surface area is 119 Å². The van der Waals surface area contributed by atoms with Gasteiger partial charge in [-0.25, -0.2) is 0 Å². The van der Waals surface area contributed by atoms with Gasteiger partial charge in [-0.05, 0) is 63.0 Å². The standard InChI is InChI=1S/C12H17Br2NO2/c1-15-7-9(16-2)4-8-5-10(13)12(17-3)11(14)6-8/h5-6,9,15H,4,7H2,1-3H3. The van der Waals surface area contributed by atoms with Gasteiger partial charge in [0.1, 0.15) is 5.75 Å². The zero-order valence-corrected chi connectivity index (χ0v) is 13.4. The van der Waals surface area contributed by atoms with Gasteiger partial charge in [-0.3, -0.25) is 0 Å². The molecule has 1 atom stereocenters. The first-order valence-electron chi connectivity index (χ1n) is 5.31. The highest BCUT2D eigenvalue weighted by Gasteiger charge is 2.12. The van der Waals surface area contributed by atoms with Crippen molar-refractivity contribution in [3.05, 3.63) is 26.6 Å². The third-order valence-corrected chi connectivity index (χ3v) is 3.67. The van der Waals surface area contributed by atoms with E-state index in [2.05, 4.69) is 49.3 Å². The molecule has 1 rings (SSSR count). The fourth-order valence-corrected chi connectivity index (χ4v) is 3.26. The van der Waals surface area contributed by atoms with Gasteiger partial charge in [0.05, 0.1) is 22.2 Å². The van der Waals surface area contributed by atoms with Crippen molar-refractivity contribution >= 4 is 31.9 Å². The van der Waals surface area contributed by atoms with E-state index in [1.165, 1.54) is 5.56 Å². The van der Waals surface area contributed by atoms with Gasteiger partial charge in [-0.2, -0.15) is 0 Å². The van der Waals surface area contributed by atoms with E-state index in [-0.39, 0.29) is 6.10 Å². The van der Waals surface area contributed by atoms with Crippen LogP contribution in [-0.2, 0) is 11.2 Å². The minimum absolute atomic E-state index is 0.173. The van der Waals surface area contributed by atoms with E-state index in [9.17, 15) is 0 Å². The number of hydrogen-bond acceptors (Lipinski definition) is 3. The van der Waals surface area contributed by atoms with Gasteiger partial charge in [-0.1, -0.05) is 0 Å². The Hall–Kier alpha value is -0.100. The summed E-state index contributed by atoms with van der Waals surface area (Å²) >= 11 is 7.00. The quantitative estimate of drug-likeness (QED) is 0.839. The Kier molecular flexibility index (Phi) is 6.48. The van der Waals surface area contributed by atoms with E-state index in [0.29, 0.717) is 0 Å². The molecule has 0 amide bonds. The van der Waals surface area contributed by atoms with E-state index >= 15 is 0 Å². The van der Waals surface area contributed by atoms with Crippen LogP contribution in [0.3, 0.4) is 0 Å². The lowest BCUT2D eigenvalue weighted by Crippen LogP contribution is -2.27. The van der Waals surface area contributed by atoms with Crippen LogP contribution >= 0.6 is 31.9 Å². The summed E-state index contributed by atoms with van der Waals surface area (Å²) in [6.07, 6.45) is 1.03. The number of rotatable bonds is 6. The molecule has 0 bridgehead atoms. The molecule has 1 N–H and O–H groups in total. The number of halogens is 2. The first kappa shape index (κ1) is 15.0. The van der Waals surface area contributed by atoms with Crippen molar-refractivity contribution in [3.8, 4) is 5.75 Å². The molecule has 17 heavy (non-hydrogen) atoms. The lowest BCUT2D eigenvalue weighted by molar-refractivity contribution is 0.104. The van der Waals surface area contributed by atoms with E-state index in [1.54, 1.807) is 14.2 Å². The fraction of sp³-hybridized carbons (Fsp3) is 0.500. The molecule has 1 aromatic rings. The van der Waals surface area contributed by atoms with Gasteiger partial charge >= 0.3 is 0 Å². The number of hydrogen-bond donors (Lipinski definition) is 1. The summed E-state index contributed by atoms with van der Waals surface area (Å²) in [6.45, 7) is 0.831. The van der Waals surface area contributed by atoms with Crippen molar-refractivity contribution in [2.24, 2.45) is 0 Å². The summed E-state index contributed by atoms with van der Waals surface area (Å²) in [4.78, 5) is 0. The van der Waals surface area contributed by atoms with Crippen LogP contribution in [0.15, 0.2) is 21.1 Å². The van der Waals surface area contributed by atoms with E-state index in [0.717, 1.165) is 27.7 Å². The first-order chi connectivity index (χ1) is 8.12. The van der Waals surface area contributed by atoms with Crippen molar-refractivity contribution in [2.45, 2.75) is 12.5 Å². The minimum Gasteiger partial charge on any atom is -0.494 e. The Balaban J connectivity index is 2.85. The summed E-state index contributed by atoms with van der Waals surface area (Å²) in [5, 5.41) is 3.12. The van der Waals surface area contributed by atoms with Crippen molar-refractivity contribution in [2.75, 3.05) is 27.8 Å². The number of methoxy groups -OCH3 is 2. The van der Waals surface area contributed by atoms with Crippen LogP contribution in [0.4, 0.5) is 0 Å². The summed E-state index contributed by atoms with van der Waals surface area (Å²) in [5.74, 6) is 0.816. The van der Waals surface area contributed by atoms with Crippen molar-refractivity contribution in [1.29, 1.82) is 0 Å². The third-order valence-electron chi connectivity index (χ3n) is 2.49. The molecule has 0 saturated heterocycles. The maximum atomic E-state index is 5.41. The topological polar surface area (TPSA) is 30.5 Å². The first-order valence-corrected chi connectivity index (χ1v) is 6.90. The Morgan fingerprint density at radius 1 is 1.24 bits per heavy atom. The highest BCUT2D eigenvalue weighted by atomic mass is 79.9. The zero-order chi connectivity index (χ0) is 12.8. The average molecular weight is 367 g/mol. The largest absolute Gasteiger partial charge is 0.494 e. The second kappa shape index (κ2) is 7.36. The van der Waals surface area contributed by atoms with Crippen LogP contribution in [0.5, 0.6) is 5.75 Å². The van der Waals surface area contributed by atoms with Crippen LogP contribution in [-0.4, -0.2) is 33.9 Å². The molecule has 0 spiro atoms. The monoisotopic (exact) mass is 365 g/mol. The Bertz CT molecular complexity index is 349. The molecule has 0 aliphatic carbocycles. The summed E-state index contributed by atoms with van der Waals surface area (Å²) in [6, 6.07) is 4.12. The summed E-state index contributed by atoms with van der Waals surface area (Å²) in [7, 11) is 5.31. The zero-order valence-electron chi connectivity index (χ0n) is 10.2. The average Bonchev–Trinajstić information content (AvgIpc) is 2.28. The number of ether oxygens (including phenoxy) is 2. The van der Waals surface area contributed by atoms with Gasteiger partial charge < -0.3 is 14.8 Å². The van der Waals surface area contributed by atoms with Crippen LogP contribution in [0.1, 0.15) is 5.56 Å². The molecule has 0 aromatic heterocycles. The Morgan fingerprint density at radius 2 is 1.82 bits per heavy atom. The van der Waals surface area contributed by atoms with Gasteiger partial charge in [0.2, 0.25) is 0 Å². The molecular weight excluding hydrogens is 350 g/mol. The highest BCUT2D eigenvalue weighted by molar-refractivity contribution is 9.11. The van der Waals surface area contributed by atoms with E-state index in [4.69, 9.17) is 9.47 Å². The molecule has 0 heterocycles. The van der Waals surface area contributed by atoms with Gasteiger partial charge in [-0.15, -0.1) is 0 Å². The Morgan fingerprint density at radius 3 is 2.24 bits per heavy atom. The van der Waals surface area contributed by atoms with Crippen LogP contribution in [0.2, 0.25) is 0 Å². The number of benzene rings is 1. The van der Waals surface area contributed by atoms with Crippen molar-refractivity contribution < 1.29 is 9.47 Å². The second-order valence-electron chi connectivity index (χ2n) is 3.71. The molecule has 0 aliphatic heterocycles. The van der Waals surface area contributed by atoms with E-state index < -0.39 is 0 Å². The SMILES string of the molecule is CNCC(Cc1cc(Br)c(OC)c(Br)c1)OC. The van der Waals surface area contributed by atoms with Gasteiger partial charge in [0, 0.05) is 13.7 Å². The normalized spacial score (nSPS) is 12.5. The van der Waals surface area contributed by atoms with Crippen LogP contribution < -0.4 is 10.1 Å². The predicted molar refractivity (Wildman–Crippen MR) is 76.8 cm³/mol. The molecule has 0 fully saturated rings. The lowest BCUT2D eigenvalue weighted by Gasteiger charge is -2.16. The number of nitrogens with one attached hydrogen (secondary N) is 1. The summed E-state index contributed by atoms with van der Waals surface area (Å²) in [5.41, 5.74) is 1.20. The van der Waals surface area contributed by atoms with Crippen LogP contribution in [0, 0.1) is 0 Å². The maximum Gasteiger partial charge on any atom is 0.147 e. The molecule has 5 heteroatoms. The molecule has 1 unspecified atom stereocenters. The van der Waals surface area contributed by atoms with Crippen molar-refractivity contribution in [1.82, 2.24) is 5.32 Å². The lowest BCUT2D eigenvalue weighted by atomic mass is 10.1. The fourth-order valence-electron chi connectivity index (χ4n) is 1.65. The molecule has 0 radical (unpaired) electrons. The smallest absolute Gasteiger partial charge is 0.147 e.